The molecule has 5 rings (SSSR count). The Labute approximate surface area is 214 Å². The third-order valence-electron chi connectivity index (χ3n) is 8.28. The zero-order valence-corrected chi connectivity index (χ0v) is 21.0. The fraction of sp³-hybridized carbons (Fsp3) is 0.414. The van der Waals surface area contributed by atoms with Gasteiger partial charge >= 0.3 is 17.9 Å². The molecule has 1 aromatic heterocycles. The second kappa shape index (κ2) is 9.24. The highest BCUT2D eigenvalue weighted by atomic mass is 19.4. The number of alkyl halides is 3. The largest absolute Gasteiger partial charge is 0.417 e. The Hall–Kier alpha value is -3.26. The molecule has 2 aromatic carbocycles. The minimum Gasteiger partial charge on any atom is -0.380 e. The van der Waals surface area contributed by atoms with Gasteiger partial charge in [0, 0.05) is 5.41 Å². The van der Waals surface area contributed by atoms with Crippen LogP contribution in [0, 0.1) is 19.8 Å². The molecule has 0 saturated heterocycles. The van der Waals surface area contributed by atoms with Crippen LogP contribution in [0.2, 0.25) is 0 Å². The molecular weight excluding hydrogens is 479 g/mol. The third-order valence-corrected chi connectivity index (χ3v) is 8.28. The number of amides is 1. The van der Waals surface area contributed by atoms with E-state index in [1.165, 1.54) is 0 Å². The van der Waals surface area contributed by atoms with Crippen molar-refractivity contribution in [2.75, 3.05) is 5.32 Å². The lowest BCUT2D eigenvalue weighted by Crippen LogP contribution is -2.56. The number of aryl methyl sites for hydroxylation is 3. The summed E-state index contributed by atoms with van der Waals surface area (Å²) in [4.78, 5) is 20.5. The van der Waals surface area contributed by atoms with E-state index in [9.17, 15) is 23.1 Å². The van der Waals surface area contributed by atoms with E-state index < -0.39 is 17.2 Å². The van der Waals surface area contributed by atoms with Gasteiger partial charge in [-0.1, -0.05) is 36.4 Å². The Morgan fingerprint density at radius 1 is 1.16 bits per heavy atom. The van der Waals surface area contributed by atoms with Crippen LogP contribution in [0.25, 0.3) is 0 Å². The van der Waals surface area contributed by atoms with E-state index in [-0.39, 0.29) is 31.1 Å². The van der Waals surface area contributed by atoms with Crippen LogP contribution in [0.1, 0.15) is 64.1 Å². The highest BCUT2D eigenvalue weighted by Crippen LogP contribution is 2.57. The van der Waals surface area contributed by atoms with E-state index in [2.05, 4.69) is 15.3 Å². The van der Waals surface area contributed by atoms with Crippen LogP contribution in [0.3, 0.4) is 0 Å². The van der Waals surface area contributed by atoms with Crippen LogP contribution in [0.15, 0.2) is 54.7 Å². The lowest BCUT2D eigenvalue weighted by molar-refractivity contribution is -0.362. The van der Waals surface area contributed by atoms with Crippen molar-refractivity contribution in [1.82, 2.24) is 4.98 Å². The lowest BCUT2D eigenvalue weighted by atomic mass is 9.52. The van der Waals surface area contributed by atoms with Gasteiger partial charge in [-0.05, 0) is 87.1 Å². The Balaban J connectivity index is 1.50. The van der Waals surface area contributed by atoms with Gasteiger partial charge in [-0.15, -0.1) is 0 Å². The summed E-state index contributed by atoms with van der Waals surface area (Å²) in [5, 5.41) is 13.5. The summed E-state index contributed by atoms with van der Waals surface area (Å²) in [6, 6.07) is 15.3. The average Bonchev–Trinajstić information content (AvgIpc) is 2.86. The second-order valence-electron chi connectivity index (χ2n) is 10.6. The highest BCUT2D eigenvalue weighted by molar-refractivity contribution is 6.03. The Bertz CT molecular complexity index is 1330. The van der Waals surface area contributed by atoms with E-state index >= 15 is 0 Å². The molecule has 0 radical (unpaired) electrons. The molecule has 5 nitrogen and oxygen atoms in total. The van der Waals surface area contributed by atoms with Gasteiger partial charge < -0.3 is 5.11 Å². The summed E-state index contributed by atoms with van der Waals surface area (Å²) >= 11 is 0. The van der Waals surface area contributed by atoms with Gasteiger partial charge in [-0.25, -0.2) is 20.1 Å². The Kier molecular flexibility index (Phi) is 6.34. The number of halogens is 3. The number of nitrogens with one attached hydrogen (secondary N) is 2. The molecule has 1 saturated carbocycles. The van der Waals surface area contributed by atoms with Gasteiger partial charge in [0.15, 0.2) is 5.60 Å². The van der Waals surface area contributed by atoms with Crippen molar-refractivity contribution in [3.63, 3.8) is 0 Å². The minimum atomic E-state index is -4.66. The SMILES string of the molecule is Cc1c[nH+]c(NC(=O)c2ccc3c(c2)CCC2C[C@@](O)(C(F)(F)F)CC[C@@]32Cc2ccccc2)c(C)n1. The summed E-state index contributed by atoms with van der Waals surface area (Å²) in [6.45, 7) is 3.67. The summed E-state index contributed by atoms with van der Waals surface area (Å²) in [5.41, 5.74) is 1.81. The van der Waals surface area contributed by atoms with E-state index in [4.69, 9.17) is 0 Å². The number of rotatable bonds is 4. The fourth-order valence-electron chi connectivity index (χ4n) is 6.32. The Morgan fingerprint density at radius 3 is 2.62 bits per heavy atom. The average molecular weight is 511 g/mol. The molecule has 1 heterocycles. The molecule has 1 fully saturated rings. The maximum Gasteiger partial charge on any atom is 0.417 e. The number of fused-ring (bicyclic) bond motifs is 3. The highest BCUT2D eigenvalue weighted by Gasteiger charge is 2.61. The van der Waals surface area contributed by atoms with Gasteiger partial charge in [0.1, 0.15) is 11.9 Å². The molecule has 1 unspecified atom stereocenters. The summed E-state index contributed by atoms with van der Waals surface area (Å²) < 4.78 is 41.4. The number of hydrogen-bond donors (Lipinski definition) is 2. The molecule has 1 amide bonds. The van der Waals surface area contributed by atoms with Crippen molar-refractivity contribution in [2.24, 2.45) is 5.92 Å². The smallest absolute Gasteiger partial charge is 0.380 e. The summed E-state index contributed by atoms with van der Waals surface area (Å²) in [7, 11) is 0. The molecule has 0 bridgehead atoms. The first-order chi connectivity index (χ1) is 17.5. The van der Waals surface area contributed by atoms with Gasteiger partial charge in [0.25, 0.3) is 0 Å². The zero-order chi connectivity index (χ0) is 26.4. The number of H-pyrrole nitrogens is 1. The molecule has 0 spiro atoms. The molecule has 3 N–H and O–H groups in total. The van der Waals surface area contributed by atoms with Gasteiger partial charge in [0.05, 0.1) is 11.3 Å². The van der Waals surface area contributed by atoms with Crippen molar-refractivity contribution in [1.29, 1.82) is 0 Å². The molecule has 3 atom stereocenters. The molecule has 2 aliphatic carbocycles. The van der Waals surface area contributed by atoms with Gasteiger partial charge in [0.2, 0.25) is 0 Å². The second-order valence-corrected chi connectivity index (χ2v) is 10.6. The summed E-state index contributed by atoms with van der Waals surface area (Å²) in [5.74, 6) is -0.0779. The first kappa shape index (κ1) is 25.4. The van der Waals surface area contributed by atoms with E-state index in [0.29, 0.717) is 36.3 Å². The first-order valence-electron chi connectivity index (χ1n) is 12.6. The Morgan fingerprint density at radius 2 is 1.92 bits per heavy atom. The van der Waals surface area contributed by atoms with Crippen LogP contribution in [-0.2, 0) is 18.3 Å². The predicted molar refractivity (Wildman–Crippen MR) is 133 cm³/mol. The maximum absolute atomic E-state index is 13.8. The number of carbonyl (C=O) groups is 1. The molecular formula is C29H31F3N3O2+. The monoisotopic (exact) mass is 510 g/mol. The molecule has 0 aliphatic heterocycles. The number of aromatic amines is 1. The van der Waals surface area contributed by atoms with Crippen LogP contribution >= 0.6 is 0 Å². The predicted octanol–water partition coefficient (Wildman–Crippen LogP) is 5.29. The molecule has 8 heteroatoms. The van der Waals surface area contributed by atoms with Crippen molar-refractivity contribution >= 4 is 11.7 Å². The van der Waals surface area contributed by atoms with Crippen LogP contribution in [0.4, 0.5) is 19.0 Å². The quantitative estimate of drug-likeness (QED) is 0.501. The molecule has 194 valence electrons. The third kappa shape index (κ3) is 4.63. The number of aliphatic hydroxyl groups is 1. The fourth-order valence-corrected chi connectivity index (χ4v) is 6.32. The molecule has 37 heavy (non-hydrogen) atoms. The molecule has 2 aliphatic rings. The van der Waals surface area contributed by atoms with Crippen molar-refractivity contribution in [3.8, 4) is 0 Å². The number of anilines is 1. The van der Waals surface area contributed by atoms with E-state index in [0.717, 1.165) is 22.4 Å². The molecule has 3 aromatic rings. The first-order valence-corrected chi connectivity index (χ1v) is 12.6. The van der Waals surface area contributed by atoms with Crippen molar-refractivity contribution in [3.05, 3.63) is 88.4 Å². The van der Waals surface area contributed by atoms with Gasteiger partial charge in [-0.3, -0.25) is 0 Å². The standard InChI is InChI=1S/C29H30F3N3O2/c1-18-17-33-25(19(2)34-18)35-26(36)22-9-11-24-21(14-22)8-10-23-16-28(37,29(30,31)32)13-12-27(23,24)15-20-6-4-3-5-7-20/h3-7,9,11,14,17,23,37H,8,10,12-13,15-16H2,1-2H3,(H,33,35,36)/p+1/t23?,27-,28+/m0/s1. The van der Waals surface area contributed by atoms with E-state index in [1.807, 2.05) is 56.3 Å². The number of hydrogen-bond acceptors (Lipinski definition) is 3. The topological polar surface area (TPSA) is 76.4 Å². The summed E-state index contributed by atoms with van der Waals surface area (Å²) in [6.07, 6.45) is -1.68. The number of aromatic nitrogens is 2. The van der Waals surface area contributed by atoms with E-state index in [1.54, 1.807) is 12.3 Å². The van der Waals surface area contributed by atoms with Crippen LogP contribution in [0.5, 0.6) is 0 Å². The van der Waals surface area contributed by atoms with Crippen LogP contribution in [-0.4, -0.2) is 27.8 Å². The van der Waals surface area contributed by atoms with Gasteiger partial charge in [-0.2, -0.15) is 13.2 Å². The number of carbonyl (C=O) groups excluding carboxylic acids is 1. The van der Waals surface area contributed by atoms with Crippen molar-refractivity contribution < 1.29 is 28.1 Å². The number of nitrogens with zero attached hydrogens (tertiary/aromatic N) is 1. The number of benzene rings is 2. The zero-order valence-electron chi connectivity index (χ0n) is 21.0. The lowest BCUT2D eigenvalue weighted by Gasteiger charge is -2.53. The maximum atomic E-state index is 13.8. The van der Waals surface area contributed by atoms with Crippen LogP contribution < -0.4 is 10.3 Å². The van der Waals surface area contributed by atoms with Crippen molar-refractivity contribution in [2.45, 2.75) is 69.6 Å². The normalized spacial score (nSPS) is 25.2. The minimum absolute atomic E-state index is 0.226.